The maximum Gasteiger partial charge on any atom is 0.251 e. The number of rotatable bonds is 10. The molecule has 0 saturated carbocycles. The lowest BCUT2D eigenvalue weighted by Crippen LogP contribution is -2.26. The van der Waals surface area contributed by atoms with Gasteiger partial charge >= 0.3 is 0 Å². The van der Waals surface area contributed by atoms with Crippen molar-refractivity contribution in [3.8, 4) is 23.0 Å². The quantitative estimate of drug-likeness (QED) is 0.535. The van der Waals surface area contributed by atoms with Gasteiger partial charge in [-0.15, -0.1) is 6.58 Å². The van der Waals surface area contributed by atoms with Gasteiger partial charge in [0.2, 0.25) is 0 Å². The average Bonchev–Trinajstić information content (AvgIpc) is 2.73. The van der Waals surface area contributed by atoms with Crippen molar-refractivity contribution in [2.24, 2.45) is 0 Å². The minimum atomic E-state index is -0.187. The van der Waals surface area contributed by atoms with Crippen molar-refractivity contribution in [3.63, 3.8) is 0 Å². The van der Waals surface area contributed by atoms with Gasteiger partial charge in [0.1, 0.15) is 0 Å². The van der Waals surface area contributed by atoms with Gasteiger partial charge in [0, 0.05) is 22.1 Å². The summed E-state index contributed by atoms with van der Waals surface area (Å²) in [4.78, 5) is 12.7. The molecule has 0 spiro atoms. The Kier molecular flexibility index (Phi) is 8.39. The molecule has 0 bridgehead atoms. The van der Waals surface area contributed by atoms with Crippen molar-refractivity contribution in [2.45, 2.75) is 12.8 Å². The molecule has 1 amide bonds. The van der Waals surface area contributed by atoms with Crippen molar-refractivity contribution in [2.75, 3.05) is 35.0 Å². The summed E-state index contributed by atoms with van der Waals surface area (Å²) in [5.41, 5.74) is 2.35. The third-order valence-corrected chi connectivity index (χ3v) is 5.15. The van der Waals surface area contributed by atoms with Crippen molar-refractivity contribution >= 4 is 21.8 Å². The standard InChI is InChI=1S/C22H26BrNO5/c1-6-7-15-10-16(12-20(28-4)21(15)29-5)22(25)24-9-8-14-11-18(26-2)19(27-3)13-17(14)23/h6,10-13H,1,7-9H2,2-5H3,(H,24,25). The van der Waals surface area contributed by atoms with Crippen molar-refractivity contribution in [1.29, 1.82) is 0 Å². The van der Waals surface area contributed by atoms with Crippen molar-refractivity contribution in [3.05, 3.63) is 58.1 Å². The normalized spacial score (nSPS) is 10.2. The molecule has 0 aliphatic carbocycles. The maximum atomic E-state index is 12.7. The maximum absolute atomic E-state index is 12.7. The van der Waals surface area contributed by atoms with E-state index in [4.69, 9.17) is 18.9 Å². The van der Waals surface area contributed by atoms with Gasteiger partial charge in [-0.25, -0.2) is 0 Å². The molecule has 2 aromatic carbocycles. The van der Waals surface area contributed by atoms with Crippen LogP contribution in [0.25, 0.3) is 0 Å². The van der Waals surface area contributed by atoms with Crippen LogP contribution in [-0.2, 0) is 12.8 Å². The van der Waals surface area contributed by atoms with Crippen LogP contribution >= 0.6 is 15.9 Å². The van der Waals surface area contributed by atoms with Crippen LogP contribution < -0.4 is 24.3 Å². The SMILES string of the molecule is C=CCc1cc(C(=O)NCCc2cc(OC)c(OC)cc2Br)cc(OC)c1OC. The lowest BCUT2D eigenvalue weighted by Gasteiger charge is -2.15. The molecule has 7 heteroatoms. The van der Waals surface area contributed by atoms with Gasteiger partial charge < -0.3 is 24.3 Å². The topological polar surface area (TPSA) is 66.0 Å². The summed E-state index contributed by atoms with van der Waals surface area (Å²) in [5, 5.41) is 2.94. The smallest absolute Gasteiger partial charge is 0.251 e. The van der Waals surface area contributed by atoms with Crippen LogP contribution in [0.3, 0.4) is 0 Å². The highest BCUT2D eigenvalue weighted by Gasteiger charge is 2.16. The number of amides is 1. The second-order valence-electron chi connectivity index (χ2n) is 6.17. The highest BCUT2D eigenvalue weighted by atomic mass is 79.9. The number of halogens is 1. The first kappa shape index (κ1) is 22.6. The predicted molar refractivity (Wildman–Crippen MR) is 117 cm³/mol. The average molecular weight is 464 g/mol. The van der Waals surface area contributed by atoms with Gasteiger partial charge in [-0.2, -0.15) is 0 Å². The second-order valence-corrected chi connectivity index (χ2v) is 7.02. The molecular weight excluding hydrogens is 438 g/mol. The Morgan fingerprint density at radius 3 is 2.21 bits per heavy atom. The van der Waals surface area contributed by atoms with E-state index >= 15 is 0 Å². The molecule has 0 heterocycles. The van der Waals surface area contributed by atoms with Crippen LogP contribution in [0, 0.1) is 0 Å². The summed E-state index contributed by atoms with van der Waals surface area (Å²) in [6.45, 7) is 4.22. The molecule has 2 rings (SSSR count). The number of allylic oxidation sites excluding steroid dienone is 1. The number of carbonyl (C=O) groups excluding carboxylic acids is 1. The zero-order chi connectivity index (χ0) is 21.4. The zero-order valence-electron chi connectivity index (χ0n) is 17.1. The lowest BCUT2D eigenvalue weighted by atomic mass is 10.0. The van der Waals surface area contributed by atoms with Crippen LogP contribution in [0.1, 0.15) is 21.5 Å². The summed E-state index contributed by atoms with van der Waals surface area (Å²) >= 11 is 3.54. The Balaban J connectivity index is 2.13. The Bertz CT molecular complexity index is 882. The van der Waals surface area contributed by atoms with Crippen LogP contribution in [0.2, 0.25) is 0 Å². The Hall–Kier alpha value is -2.67. The lowest BCUT2D eigenvalue weighted by molar-refractivity contribution is 0.0953. The van der Waals surface area contributed by atoms with Crippen LogP contribution in [0.5, 0.6) is 23.0 Å². The number of hydrogen-bond donors (Lipinski definition) is 1. The number of hydrogen-bond acceptors (Lipinski definition) is 5. The fourth-order valence-electron chi connectivity index (χ4n) is 2.98. The zero-order valence-corrected chi connectivity index (χ0v) is 18.7. The van der Waals surface area contributed by atoms with E-state index in [0.29, 0.717) is 47.9 Å². The van der Waals surface area contributed by atoms with Gasteiger partial charge in [0.25, 0.3) is 5.91 Å². The summed E-state index contributed by atoms with van der Waals surface area (Å²) < 4.78 is 22.3. The molecule has 0 unspecified atom stereocenters. The minimum Gasteiger partial charge on any atom is -0.493 e. The predicted octanol–water partition coefficient (Wildman–Crippen LogP) is 4.18. The molecule has 2 aromatic rings. The van der Waals surface area contributed by atoms with Crippen LogP contribution in [0.15, 0.2) is 41.4 Å². The number of benzene rings is 2. The molecule has 0 aliphatic heterocycles. The van der Waals surface area contributed by atoms with Crippen molar-refractivity contribution < 1.29 is 23.7 Å². The van der Waals surface area contributed by atoms with E-state index in [1.165, 1.54) is 0 Å². The summed E-state index contributed by atoms with van der Waals surface area (Å²) in [6, 6.07) is 7.22. The third kappa shape index (κ3) is 5.44. The van der Waals surface area contributed by atoms with E-state index in [2.05, 4.69) is 27.8 Å². The Morgan fingerprint density at radius 1 is 0.966 bits per heavy atom. The van der Waals surface area contributed by atoms with E-state index in [1.54, 1.807) is 46.6 Å². The summed E-state index contributed by atoms with van der Waals surface area (Å²) in [5.74, 6) is 2.23. The molecular formula is C22H26BrNO5. The number of carbonyl (C=O) groups is 1. The second kappa shape index (κ2) is 10.8. The molecule has 0 aromatic heterocycles. The Labute approximate surface area is 179 Å². The van der Waals surface area contributed by atoms with Crippen LogP contribution in [0.4, 0.5) is 0 Å². The fourth-order valence-corrected chi connectivity index (χ4v) is 3.50. The van der Waals surface area contributed by atoms with Gasteiger partial charge in [-0.1, -0.05) is 22.0 Å². The van der Waals surface area contributed by atoms with E-state index in [0.717, 1.165) is 15.6 Å². The van der Waals surface area contributed by atoms with Crippen LogP contribution in [-0.4, -0.2) is 40.9 Å². The van der Waals surface area contributed by atoms with E-state index in [-0.39, 0.29) is 5.91 Å². The highest BCUT2D eigenvalue weighted by molar-refractivity contribution is 9.10. The molecule has 0 saturated heterocycles. The van der Waals surface area contributed by atoms with E-state index in [1.807, 2.05) is 12.1 Å². The third-order valence-electron chi connectivity index (χ3n) is 4.41. The summed E-state index contributed by atoms with van der Waals surface area (Å²) in [6.07, 6.45) is 2.95. The monoisotopic (exact) mass is 463 g/mol. The first-order valence-corrected chi connectivity index (χ1v) is 9.82. The van der Waals surface area contributed by atoms with Gasteiger partial charge in [-0.05, 0) is 42.7 Å². The van der Waals surface area contributed by atoms with Gasteiger partial charge in [0.15, 0.2) is 23.0 Å². The van der Waals surface area contributed by atoms with E-state index in [9.17, 15) is 4.79 Å². The number of methoxy groups -OCH3 is 4. The molecule has 0 fully saturated rings. The molecule has 156 valence electrons. The minimum absolute atomic E-state index is 0.187. The molecule has 0 radical (unpaired) electrons. The molecule has 29 heavy (non-hydrogen) atoms. The highest BCUT2D eigenvalue weighted by Crippen LogP contribution is 2.34. The first-order chi connectivity index (χ1) is 14.0. The molecule has 6 nitrogen and oxygen atoms in total. The van der Waals surface area contributed by atoms with Gasteiger partial charge in [0.05, 0.1) is 28.4 Å². The molecule has 0 atom stereocenters. The largest absolute Gasteiger partial charge is 0.493 e. The first-order valence-electron chi connectivity index (χ1n) is 9.03. The fraction of sp³-hybridized carbons (Fsp3) is 0.318. The Morgan fingerprint density at radius 2 is 1.62 bits per heavy atom. The van der Waals surface area contributed by atoms with E-state index < -0.39 is 0 Å². The molecule has 0 aliphatic rings. The van der Waals surface area contributed by atoms with Crippen molar-refractivity contribution in [1.82, 2.24) is 5.32 Å². The number of nitrogens with one attached hydrogen (secondary N) is 1. The number of ether oxygens (including phenoxy) is 4. The summed E-state index contributed by atoms with van der Waals surface area (Å²) in [7, 11) is 6.31. The molecule has 1 N–H and O–H groups in total. The van der Waals surface area contributed by atoms with Gasteiger partial charge in [-0.3, -0.25) is 4.79 Å².